The van der Waals surface area contributed by atoms with E-state index in [1.807, 2.05) is 58.8 Å². The van der Waals surface area contributed by atoms with Gasteiger partial charge in [-0.15, -0.1) is 11.3 Å². The van der Waals surface area contributed by atoms with E-state index in [-0.39, 0.29) is 18.0 Å². The van der Waals surface area contributed by atoms with Crippen molar-refractivity contribution < 1.29 is 9.53 Å². The molecule has 29 heavy (non-hydrogen) atoms. The number of carbonyl (C=O) groups excluding carboxylic acids is 1. The van der Waals surface area contributed by atoms with Gasteiger partial charge >= 0.3 is 0 Å². The Labute approximate surface area is 175 Å². The van der Waals surface area contributed by atoms with E-state index in [1.165, 1.54) is 10.4 Å². The summed E-state index contributed by atoms with van der Waals surface area (Å²) >= 11 is 1.67. The largest absolute Gasteiger partial charge is 0.496 e. The molecule has 1 saturated heterocycles. The summed E-state index contributed by atoms with van der Waals surface area (Å²) in [4.78, 5) is 16.5. The van der Waals surface area contributed by atoms with Crippen molar-refractivity contribution in [2.75, 3.05) is 7.11 Å². The smallest absolute Gasteiger partial charge is 0.241 e. The minimum Gasteiger partial charge on any atom is -0.496 e. The first kappa shape index (κ1) is 19.6. The molecule has 5 nitrogen and oxygen atoms in total. The van der Waals surface area contributed by atoms with Gasteiger partial charge in [0, 0.05) is 23.0 Å². The lowest BCUT2D eigenvalue weighted by Gasteiger charge is -2.26. The predicted octanol–water partition coefficient (Wildman–Crippen LogP) is 3.89. The zero-order valence-corrected chi connectivity index (χ0v) is 17.2. The Hall–Kier alpha value is -2.67. The second-order valence-electron chi connectivity index (χ2n) is 7.13. The lowest BCUT2D eigenvalue weighted by atomic mass is 10.0. The number of amides is 1. The summed E-state index contributed by atoms with van der Waals surface area (Å²) in [5.41, 5.74) is 8.68. The van der Waals surface area contributed by atoms with Gasteiger partial charge in [0.05, 0.1) is 13.7 Å². The van der Waals surface area contributed by atoms with Crippen molar-refractivity contribution >= 4 is 17.2 Å². The van der Waals surface area contributed by atoms with Crippen molar-refractivity contribution in [2.45, 2.75) is 31.6 Å². The van der Waals surface area contributed by atoms with Crippen LogP contribution in [0.5, 0.6) is 5.75 Å². The van der Waals surface area contributed by atoms with Crippen molar-refractivity contribution in [2.24, 2.45) is 0 Å². The third-order valence-electron chi connectivity index (χ3n) is 5.20. The van der Waals surface area contributed by atoms with Gasteiger partial charge in [-0.3, -0.25) is 4.79 Å². The lowest BCUT2D eigenvalue weighted by Crippen LogP contribution is -2.45. The van der Waals surface area contributed by atoms with Crippen LogP contribution in [0.3, 0.4) is 0 Å². The standard InChI is InChI=1S/C23H25N3O2S/c1-28-22-12-6-5-10-18(22)15-26(16-19-11-7-13-29-19)23(27)21-14-20(24-25-21)17-8-3-2-4-9-17/h2-13,20-21,24-25H,14-16H2,1H3. The fourth-order valence-electron chi connectivity index (χ4n) is 3.68. The van der Waals surface area contributed by atoms with Crippen LogP contribution in [0.4, 0.5) is 0 Å². The summed E-state index contributed by atoms with van der Waals surface area (Å²) in [6.45, 7) is 1.09. The molecule has 1 fully saturated rings. The highest BCUT2D eigenvalue weighted by Gasteiger charge is 2.33. The Morgan fingerprint density at radius 3 is 2.59 bits per heavy atom. The first-order chi connectivity index (χ1) is 14.2. The summed E-state index contributed by atoms with van der Waals surface area (Å²) in [5, 5.41) is 2.04. The Kier molecular flexibility index (Phi) is 6.24. The Morgan fingerprint density at radius 1 is 1.03 bits per heavy atom. The zero-order chi connectivity index (χ0) is 20.1. The first-order valence-electron chi connectivity index (χ1n) is 9.73. The summed E-state index contributed by atoms with van der Waals surface area (Å²) in [6.07, 6.45) is 0.718. The highest BCUT2D eigenvalue weighted by molar-refractivity contribution is 7.09. The van der Waals surface area contributed by atoms with Crippen LogP contribution in [0.15, 0.2) is 72.1 Å². The van der Waals surface area contributed by atoms with Gasteiger partial charge in [0.1, 0.15) is 11.8 Å². The number of benzene rings is 2. The summed E-state index contributed by atoms with van der Waals surface area (Å²) in [5.74, 6) is 0.895. The van der Waals surface area contributed by atoms with Crippen molar-refractivity contribution in [3.8, 4) is 5.75 Å². The molecule has 2 N–H and O–H groups in total. The average Bonchev–Trinajstić information content (AvgIpc) is 3.46. The maximum atomic E-state index is 13.4. The fraction of sp³-hybridized carbons (Fsp3) is 0.261. The highest BCUT2D eigenvalue weighted by Crippen LogP contribution is 2.26. The Balaban J connectivity index is 1.52. The van der Waals surface area contributed by atoms with E-state index in [0.717, 1.165) is 17.7 Å². The number of hydrogen-bond donors (Lipinski definition) is 2. The number of hydrazine groups is 1. The lowest BCUT2D eigenvalue weighted by molar-refractivity contribution is -0.134. The third kappa shape index (κ3) is 4.67. The monoisotopic (exact) mass is 407 g/mol. The van der Waals surface area contributed by atoms with Crippen LogP contribution >= 0.6 is 11.3 Å². The number of hydrogen-bond acceptors (Lipinski definition) is 5. The molecule has 1 aromatic heterocycles. The summed E-state index contributed by atoms with van der Waals surface area (Å²) < 4.78 is 5.50. The maximum absolute atomic E-state index is 13.4. The van der Waals surface area contributed by atoms with Gasteiger partial charge in [-0.1, -0.05) is 54.6 Å². The van der Waals surface area contributed by atoms with E-state index >= 15 is 0 Å². The number of methoxy groups -OCH3 is 1. The van der Waals surface area contributed by atoms with E-state index in [0.29, 0.717) is 13.1 Å². The quantitative estimate of drug-likeness (QED) is 0.624. The van der Waals surface area contributed by atoms with E-state index in [1.54, 1.807) is 18.4 Å². The number of para-hydroxylation sites is 1. The molecule has 1 amide bonds. The van der Waals surface area contributed by atoms with E-state index in [2.05, 4.69) is 29.1 Å². The second-order valence-corrected chi connectivity index (χ2v) is 8.16. The van der Waals surface area contributed by atoms with Crippen molar-refractivity contribution in [3.05, 3.63) is 88.1 Å². The summed E-state index contributed by atoms with van der Waals surface area (Å²) in [7, 11) is 1.66. The molecule has 2 atom stereocenters. The number of rotatable bonds is 7. The van der Waals surface area contributed by atoms with Crippen LogP contribution < -0.4 is 15.6 Å². The van der Waals surface area contributed by atoms with Crippen LogP contribution in [0, 0.1) is 0 Å². The third-order valence-corrected chi connectivity index (χ3v) is 6.06. The minimum absolute atomic E-state index is 0.0928. The van der Waals surface area contributed by atoms with Crippen LogP contribution in [-0.2, 0) is 17.9 Å². The molecule has 150 valence electrons. The van der Waals surface area contributed by atoms with Gasteiger partial charge in [-0.05, 0) is 29.5 Å². The Bertz CT molecular complexity index is 930. The van der Waals surface area contributed by atoms with Crippen LogP contribution in [-0.4, -0.2) is 24.0 Å². The SMILES string of the molecule is COc1ccccc1CN(Cc1cccs1)C(=O)C1CC(c2ccccc2)NN1. The van der Waals surface area contributed by atoms with Gasteiger partial charge in [-0.25, -0.2) is 10.9 Å². The van der Waals surface area contributed by atoms with Crippen molar-refractivity contribution in [1.29, 1.82) is 0 Å². The highest BCUT2D eigenvalue weighted by atomic mass is 32.1. The van der Waals surface area contributed by atoms with E-state index < -0.39 is 0 Å². The van der Waals surface area contributed by atoms with Gasteiger partial charge < -0.3 is 9.64 Å². The van der Waals surface area contributed by atoms with E-state index in [9.17, 15) is 4.79 Å². The number of carbonyl (C=O) groups is 1. The van der Waals surface area contributed by atoms with Crippen LogP contribution in [0.1, 0.15) is 28.5 Å². The number of nitrogens with one attached hydrogen (secondary N) is 2. The normalized spacial score (nSPS) is 18.5. The molecule has 0 aliphatic carbocycles. The number of nitrogens with zero attached hydrogens (tertiary/aromatic N) is 1. The number of thiophene rings is 1. The second kappa shape index (κ2) is 9.22. The molecule has 1 aliphatic rings. The molecule has 4 rings (SSSR count). The fourth-order valence-corrected chi connectivity index (χ4v) is 4.40. The molecule has 0 saturated carbocycles. The minimum atomic E-state index is -0.269. The van der Waals surface area contributed by atoms with Gasteiger partial charge in [0.15, 0.2) is 0 Å². The molecule has 0 spiro atoms. The van der Waals surface area contributed by atoms with Crippen LogP contribution in [0.25, 0.3) is 0 Å². The van der Waals surface area contributed by atoms with Crippen molar-refractivity contribution in [3.63, 3.8) is 0 Å². The maximum Gasteiger partial charge on any atom is 0.241 e. The molecular formula is C23H25N3O2S. The van der Waals surface area contributed by atoms with Gasteiger partial charge in [0.25, 0.3) is 0 Å². The molecule has 0 bridgehead atoms. The Morgan fingerprint density at radius 2 is 1.83 bits per heavy atom. The topological polar surface area (TPSA) is 53.6 Å². The van der Waals surface area contributed by atoms with E-state index in [4.69, 9.17) is 4.74 Å². The molecule has 2 unspecified atom stereocenters. The van der Waals surface area contributed by atoms with Gasteiger partial charge in [0.2, 0.25) is 5.91 Å². The molecular weight excluding hydrogens is 382 g/mol. The number of ether oxygens (including phenoxy) is 1. The molecule has 2 heterocycles. The molecule has 2 aromatic carbocycles. The van der Waals surface area contributed by atoms with Crippen LogP contribution in [0.2, 0.25) is 0 Å². The summed E-state index contributed by atoms with van der Waals surface area (Å²) in [6, 6.07) is 22.0. The first-order valence-corrected chi connectivity index (χ1v) is 10.6. The van der Waals surface area contributed by atoms with Crippen molar-refractivity contribution in [1.82, 2.24) is 15.8 Å². The molecule has 6 heteroatoms. The van der Waals surface area contributed by atoms with Gasteiger partial charge in [-0.2, -0.15) is 0 Å². The molecule has 0 radical (unpaired) electrons. The zero-order valence-electron chi connectivity index (χ0n) is 16.4. The average molecular weight is 408 g/mol. The molecule has 3 aromatic rings. The molecule has 1 aliphatic heterocycles. The predicted molar refractivity (Wildman–Crippen MR) is 115 cm³/mol.